The van der Waals surface area contributed by atoms with E-state index in [1.807, 2.05) is 0 Å². The average Bonchev–Trinajstić information content (AvgIpc) is 2.61. The summed E-state index contributed by atoms with van der Waals surface area (Å²) in [5.74, 6) is -0.690. The number of carbonyl (C=O) groups is 1. The summed E-state index contributed by atoms with van der Waals surface area (Å²) in [5.41, 5.74) is 2.61. The number of carbonyl (C=O) groups excluding carboxylic acids is 1. The molecule has 120 valence electrons. The van der Waals surface area contributed by atoms with Crippen LogP contribution in [0.5, 0.6) is 0 Å². The third-order valence-electron chi connectivity index (χ3n) is 3.27. The van der Waals surface area contributed by atoms with Crippen LogP contribution in [0.25, 0.3) is 0 Å². The quantitative estimate of drug-likeness (QED) is 0.711. The van der Waals surface area contributed by atoms with Gasteiger partial charge >= 0.3 is 0 Å². The summed E-state index contributed by atoms with van der Waals surface area (Å²) in [6, 6.07) is 14.9. The highest BCUT2D eigenvalue weighted by Crippen LogP contribution is 2.23. The van der Waals surface area contributed by atoms with Gasteiger partial charge in [-0.15, -0.1) is 0 Å². The van der Waals surface area contributed by atoms with E-state index in [0.717, 1.165) is 5.69 Å². The van der Waals surface area contributed by atoms with E-state index in [9.17, 15) is 9.18 Å². The maximum Gasteiger partial charge on any atom is 0.257 e. The smallest absolute Gasteiger partial charge is 0.257 e. The van der Waals surface area contributed by atoms with Gasteiger partial charge in [0.1, 0.15) is 5.82 Å². The SMILES string of the molecule is O=C(Nc1ccc(Nc2ccc(F)c(Cl)c2)cc1)c1cccnc1. The zero-order valence-corrected chi connectivity index (χ0v) is 13.2. The molecule has 2 aromatic carbocycles. The predicted molar refractivity (Wildman–Crippen MR) is 93.3 cm³/mol. The number of hydrogen-bond donors (Lipinski definition) is 2. The highest BCUT2D eigenvalue weighted by molar-refractivity contribution is 6.31. The molecule has 0 saturated heterocycles. The van der Waals surface area contributed by atoms with Crippen molar-refractivity contribution in [3.63, 3.8) is 0 Å². The molecule has 0 spiro atoms. The second-order valence-electron chi connectivity index (χ2n) is 5.03. The highest BCUT2D eigenvalue weighted by atomic mass is 35.5. The molecule has 4 nitrogen and oxygen atoms in total. The number of nitrogens with zero attached hydrogens (tertiary/aromatic N) is 1. The van der Waals surface area contributed by atoms with Crippen molar-refractivity contribution in [2.75, 3.05) is 10.6 Å². The van der Waals surface area contributed by atoms with E-state index in [0.29, 0.717) is 16.9 Å². The number of rotatable bonds is 4. The molecule has 0 aliphatic rings. The first-order chi connectivity index (χ1) is 11.6. The first-order valence-electron chi connectivity index (χ1n) is 7.15. The molecule has 0 aliphatic heterocycles. The molecule has 0 saturated carbocycles. The maximum atomic E-state index is 13.1. The molecule has 3 rings (SSSR count). The molecule has 1 aromatic heterocycles. The van der Waals surface area contributed by atoms with Gasteiger partial charge in [0.25, 0.3) is 5.91 Å². The minimum Gasteiger partial charge on any atom is -0.355 e. The molecule has 24 heavy (non-hydrogen) atoms. The summed E-state index contributed by atoms with van der Waals surface area (Å²) in [6.07, 6.45) is 3.11. The number of benzene rings is 2. The summed E-state index contributed by atoms with van der Waals surface area (Å²) in [5, 5.41) is 5.95. The van der Waals surface area contributed by atoms with Gasteiger partial charge < -0.3 is 10.6 Å². The third-order valence-corrected chi connectivity index (χ3v) is 3.56. The van der Waals surface area contributed by atoms with Crippen LogP contribution in [0.4, 0.5) is 21.5 Å². The Kier molecular flexibility index (Phi) is 4.72. The number of pyridine rings is 1. The molecule has 2 N–H and O–H groups in total. The lowest BCUT2D eigenvalue weighted by Gasteiger charge is -2.09. The summed E-state index contributed by atoms with van der Waals surface area (Å²) in [4.78, 5) is 16.0. The number of anilines is 3. The Bertz CT molecular complexity index is 854. The standard InChI is InChI=1S/C18H13ClFN3O/c19-16-10-15(7-8-17(16)20)22-13-3-5-14(6-4-13)23-18(24)12-2-1-9-21-11-12/h1-11,22H,(H,23,24). The Morgan fingerprint density at radius 3 is 2.38 bits per heavy atom. The average molecular weight is 342 g/mol. The Balaban J connectivity index is 1.67. The molecule has 1 amide bonds. The first kappa shape index (κ1) is 16.0. The maximum absolute atomic E-state index is 13.1. The van der Waals surface area contributed by atoms with E-state index in [1.54, 1.807) is 48.7 Å². The number of amides is 1. The van der Waals surface area contributed by atoms with Crippen LogP contribution in [0.15, 0.2) is 67.0 Å². The molecule has 3 aromatic rings. The van der Waals surface area contributed by atoms with Gasteiger partial charge in [0.2, 0.25) is 0 Å². The molecular formula is C18H13ClFN3O. The lowest BCUT2D eigenvalue weighted by atomic mass is 10.2. The molecule has 0 aliphatic carbocycles. The number of nitrogens with one attached hydrogen (secondary N) is 2. The van der Waals surface area contributed by atoms with Crippen molar-refractivity contribution in [1.29, 1.82) is 0 Å². The molecule has 0 unspecified atom stereocenters. The van der Waals surface area contributed by atoms with Crippen molar-refractivity contribution >= 4 is 34.6 Å². The van der Waals surface area contributed by atoms with Crippen molar-refractivity contribution in [3.05, 3.63) is 83.4 Å². The van der Waals surface area contributed by atoms with Crippen LogP contribution >= 0.6 is 11.6 Å². The van der Waals surface area contributed by atoms with Crippen molar-refractivity contribution in [3.8, 4) is 0 Å². The van der Waals surface area contributed by atoms with Crippen LogP contribution < -0.4 is 10.6 Å². The molecule has 0 fully saturated rings. The zero-order chi connectivity index (χ0) is 16.9. The van der Waals surface area contributed by atoms with Crippen LogP contribution in [0, 0.1) is 5.82 Å². The lowest BCUT2D eigenvalue weighted by molar-refractivity contribution is 0.102. The summed E-state index contributed by atoms with van der Waals surface area (Å²) in [7, 11) is 0. The molecule has 0 radical (unpaired) electrons. The lowest BCUT2D eigenvalue weighted by Crippen LogP contribution is -2.11. The van der Waals surface area contributed by atoms with Crippen molar-refractivity contribution < 1.29 is 9.18 Å². The van der Waals surface area contributed by atoms with E-state index in [1.165, 1.54) is 18.3 Å². The fourth-order valence-electron chi connectivity index (χ4n) is 2.08. The monoisotopic (exact) mass is 341 g/mol. The molecule has 6 heteroatoms. The summed E-state index contributed by atoms with van der Waals surface area (Å²) < 4.78 is 13.1. The normalized spacial score (nSPS) is 10.2. The van der Waals surface area contributed by atoms with E-state index in [4.69, 9.17) is 11.6 Å². The van der Waals surface area contributed by atoms with E-state index in [-0.39, 0.29) is 10.9 Å². The Morgan fingerprint density at radius 1 is 1.00 bits per heavy atom. The third kappa shape index (κ3) is 3.88. The van der Waals surface area contributed by atoms with Crippen molar-refractivity contribution in [1.82, 2.24) is 4.98 Å². The van der Waals surface area contributed by atoms with E-state index >= 15 is 0 Å². The number of hydrogen-bond acceptors (Lipinski definition) is 3. The fraction of sp³-hybridized carbons (Fsp3) is 0. The van der Waals surface area contributed by atoms with E-state index in [2.05, 4.69) is 15.6 Å². The van der Waals surface area contributed by atoms with Crippen molar-refractivity contribution in [2.24, 2.45) is 0 Å². The summed E-state index contributed by atoms with van der Waals surface area (Å²) >= 11 is 5.75. The topological polar surface area (TPSA) is 54.0 Å². The fourth-order valence-corrected chi connectivity index (χ4v) is 2.26. The van der Waals surface area contributed by atoms with Crippen molar-refractivity contribution in [2.45, 2.75) is 0 Å². The van der Waals surface area contributed by atoms with Gasteiger partial charge in [-0.2, -0.15) is 0 Å². The van der Waals surface area contributed by atoms with Gasteiger partial charge in [-0.05, 0) is 54.6 Å². The largest absolute Gasteiger partial charge is 0.355 e. The molecule has 0 bridgehead atoms. The molecular weight excluding hydrogens is 329 g/mol. The highest BCUT2D eigenvalue weighted by Gasteiger charge is 2.06. The first-order valence-corrected chi connectivity index (χ1v) is 7.53. The van der Waals surface area contributed by atoms with Crippen LogP contribution in [0.2, 0.25) is 5.02 Å². The van der Waals surface area contributed by atoms with Crippen LogP contribution in [0.3, 0.4) is 0 Å². The number of aromatic nitrogens is 1. The minimum absolute atomic E-state index is 0.0559. The molecule has 0 atom stereocenters. The Morgan fingerprint density at radius 2 is 1.71 bits per heavy atom. The predicted octanol–water partition coefficient (Wildman–Crippen LogP) is 4.87. The zero-order valence-electron chi connectivity index (χ0n) is 12.5. The van der Waals surface area contributed by atoms with Gasteiger partial charge in [-0.25, -0.2) is 4.39 Å². The van der Waals surface area contributed by atoms with Crippen LogP contribution in [-0.2, 0) is 0 Å². The van der Waals surface area contributed by atoms with Crippen LogP contribution in [-0.4, -0.2) is 10.9 Å². The van der Waals surface area contributed by atoms with Gasteiger partial charge in [-0.1, -0.05) is 11.6 Å². The number of halogens is 2. The van der Waals surface area contributed by atoms with Gasteiger partial charge in [0.15, 0.2) is 0 Å². The van der Waals surface area contributed by atoms with Crippen LogP contribution in [0.1, 0.15) is 10.4 Å². The second kappa shape index (κ2) is 7.10. The van der Waals surface area contributed by atoms with E-state index < -0.39 is 5.82 Å². The molecule has 1 heterocycles. The minimum atomic E-state index is -0.462. The summed E-state index contributed by atoms with van der Waals surface area (Å²) in [6.45, 7) is 0. The van der Waals surface area contributed by atoms with Gasteiger partial charge in [0.05, 0.1) is 10.6 Å². The Labute approximate surface area is 143 Å². The van der Waals surface area contributed by atoms with Gasteiger partial charge in [-0.3, -0.25) is 9.78 Å². The Hall–Kier alpha value is -2.92. The second-order valence-corrected chi connectivity index (χ2v) is 5.43. The van der Waals surface area contributed by atoms with Gasteiger partial charge in [0, 0.05) is 29.5 Å².